The standard InChI is InChI=1S/C12H25N3OS.HI/c1-4-16-10-12(2,3)9-14-11(13)15-5-7-17-8-6-15;/h4-10H2,1-3H3,(H2,13,14);1H. The lowest BCUT2D eigenvalue weighted by atomic mass is 9.95. The molecular weight excluding hydrogens is 361 g/mol. The Bertz CT molecular complexity index is 256. The van der Waals surface area contributed by atoms with E-state index >= 15 is 0 Å². The van der Waals surface area contributed by atoms with Crippen LogP contribution in [0.15, 0.2) is 4.99 Å². The molecule has 0 amide bonds. The van der Waals surface area contributed by atoms with Gasteiger partial charge in [-0.15, -0.1) is 24.0 Å². The number of thioether (sulfide) groups is 1. The van der Waals surface area contributed by atoms with Gasteiger partial charge >= 0.3 is 0 Å². The average molecular weight is 387 g/mol. The number of halogens is 1. The Kier molecular flexibility index (Phi) is 9.41. The number of rotatable bonds is 5. The molecule has 0 aromatic heterocycles. The predicted octanol–water partition coefficient (Wildman–Crippen LogP) is 2.03. The van der Waals surface area contributed by atoms with E-state index in [1.54, 1.807) is 0 Å². The maximum absolute atomic E-state index is 6.01. The number of hydrogen-bond donors (Lipinski definition) is 1. The molecular formula is C12H26IN3OS. The third-order valence-electron chi connectivity index (χ3n) is 2.70. The lowest BCUT2D eigenvalue weighted by Crippen LogP contribution is -2.43. The summed E-state index contributed by atoms with van der Waals surface area (Å²) in [6.45, 7) is 10.6. The number of nitrogens with two attached hydrogens (primary N) is 1. The Balaban J connectivity index is 0.00000289. The van der Waals surface area contributed by atoms with Gasteiger partial charge in [-0.2, -0.15) is 11.8 Å². The summed E-state index contributed by atoms with van der Waals surface area (Å²) in [4.78, 5) is 6.68. The Labute approximate surface area is 132 Å². The van der Waals surface area contributed by atoms with Gasteiger partial charge in [0.05, 0.1) is 13.2 Å². The quantitative estimate of drug-likeness (QED) is 0.446. The van der Waals surface area contributed by atoms with E-state index in [2.05, 4.69) is 23.7 Å². The summed E-state index contributed by atoms with van der Waals surface area (Å²) in [6.07, 6.45) is 0. The average Bonchev–Trinajstić information content (AvgIpc) is 2.35. The van der Waals surface area contributed by atoms with Crippen LogP contribution < -0.4 is 5.73 Å². The minimum absolute atomic E-state index is 0. The van der Waals surface area contributed by atoms with Crippen molar-refractivity contribution >= 4 is 41.7 Å². The summed E-state index contributed by atoms with van der Waals surface area (Å²) in [5, 5.41) is 0. The van der Waals surface area contributed by atoms with E-state index in [4.69, 9.17) is 10.5 Å². The lowest BCUT2D eigenvalue weighted by molar-refractivity contribution is 0.0754. The molecule has 0 aromatic carbocycles. The van der Waals surface area contributed by atoms with Crippen molar-refractivity contribution in [1.29, 1.82) is 0 Å². The fraction of sp³-hybridized carbons (Fsp3) is 0.917. The zero-order chi connectivity index (χ0) is 12.7. The Hall–Kier alpha value is 0.310. The van der Waals surface area contributed by atoms with Crippen LogP contribution in [0.25, 0.3) is 0 Å². The van der Waals surface area contributed by atoms with Gasteiger partial charge in [-0.3, -0.25) is 4.99 Å². The van der Waals surface area contributed by atoms with Crippen LogP contribution in [0.4, 0.5) is 0 Å². The Morgan fingerprint density at radius 1 is 1.39 bits per heavy atom. The van der Waals surface area contributed by atoms with E-state index in [1.807, 2.05) is 18.7 Å². The second-order valence-electron chi connectivity index (χ2n) is 5.08. The Morgan fingerprint density at radius 2 is 2.00 bits per heavy atom. The van der Waals surface area contributed by atoms with Crippen LogP contribution in [-0.4, -0.2) is 55.2 Å². The molecule has 1 rings (SSSR count). The largest absolute Gasteiger partial charge is 0.381 e. The third kappa shape index (κ3) is 7.04. The SMILES string of the molecule is CCOCC(C)(C)CN=C(N)N1CCSCC1.I. The highest BCUT2D eigenvalue weighted by Crippen LogP contribution is 2.16. The van der Waals surface area contributed by atoms with Gasteiger partial charge in [0.25, 0.3) is 0 Å². The zero-order valence-corrected chi connectivity index (χ0v) is 14.8. The van der Waals surface area contributed by atoms with Gasteiger partial charge < -0.3 is 15.4 Å². The fourth-order valence-electron chi connectivity index (χ4n) is 1.61. The van der Waals surface area contributed by atoms with E-state index in [9.17, 15) is 0 Å². The van der Waals surface area contributed by atoms with Gasteiger partial charge in [0.2, 0.25) is 0 Å². The minimum Gasteiger partial charge on any atom is -0.381 e. The van der Waals surface area contributed by atoms with Gasteiger partial charge in [0, 0.05) is 36.6 Å². The fourth-order valence-corrected chi connectivity index (χ4v) is 2.51. The van der Waals surface area contributed by atoms with E-state index < -0.39 is 0 Å². The molecule has 0 unspecified atom stereocenters. The molecule has 0 aliphatic carbocycles. The molecule has 4 nitrogen and oxygen atoms in total. The smallest absolute Gasteiger partial charge is 0.191 e. The highest BCUT2D eigenvalue weighted by molar-refractivity contribution is 14.0. The van der Waals surface area contributed by atoms with Gasteiger partial charge in [-0.1, -0.05) is 13.8 Å². The van der Waals surface area contributed by atoms with Crippen LogP contribution in [0.2, 0.25) is 0 Å². The Morgan fingerprint density at radius 3 is 2.56 bits per heavy atom. The highest BCUT2D eigenvalue weighted by Gasteiger charge is 2.19. The molecule has 1 aliphatic heterocycles. The first-order valence-electron chi connectivity index (χ1n) is 6.25. The van der Waals surface area contributed by atoms with Crippen molar-refractivity contribution in [2.75, 3.05) is 44.4 Å². The van der Waals surface area contributed by atoms with Crippen LogP contribution >= 0.6 is 35.7 Å². The molecule has 0 bridgehead atoms. The summed E-state index contributed by atoms with van der Waals surface area (Å²) in [5.41, 5.74) is 6.07. The molecule has 108 valence electrons. The van der Waals surface area contributed by atoms with Crippen LogP contribution in [0.5, 0.6) is 0 Å². The van der Waals surface area contributed by atoms with Crippen molar-refractivity contribution in [2.45, 2.75) is 20.8 Å². The van der Waals surface area contributed by atoms with Gasteiger partial charge in [0.15, 0.2) is 5.96 Å². The summed E-state index contributed by atoms with van der Waals surface area (Å²) < 4.78 is 5.45. The summed E-state index contributed by atoms with van der Waals surface area (Å²) in [6, 6.07) is 0. The van der Waals surface area contributed by atoms with E-state index in [-0.39, 0.29) is 29.4 Å². The topological polar surface area (TPSA) is 50.9 Å². The van der Waals surface area contributed by atoms with Crippen molar-refractivity contribution in [1.82, 2.24) is 4.90 Å². The predicted molar refractivity (Wildman–Crippen MR) is 91.1 cm³/mol. The van der Waals surface area contributed by atoms with Gasteiger partial charge in [-0.25, -0.2) is 0 Å². The summed E-state index contributed by atoms with van der Waals surface area (Å²) in [7, 11) is 0. The minimum atomic E-state index is 0. The number of hydrogen-bond acceptors (Lipinski definition) is 3. The van der Waals surface area contributed by atoms with Crippen LogP contribution in [0.1, 0.15) is 20.8 Å². The zero-order valence-electron chi connectivity index (χ0n) is 11.6. The molecule has 0 atom stereocenters. The molecule has 0 aromatic rings. The molecule has 18 heavy (non-hydrogen) atoms. The van der Waals surface area contributed by atoms with Crippen molar-refractivity contribution < 1.29 is 4.74 Å². The second-order valence-corrected chi connectivity index (χ2v) is 6.30. The second kappa shape index (κ2) is 9.25. The molecule has 1 saturated heterocycles. The van der Waals surface area contributed by atoms with E-state index in [0.717, 1.165) is 44.4 Å². The molecule has 1 aliphatic rings. The van der Waals surface area contributed by atoms with Crippen LogP contribution in [0, 0.1) is 5.41 Å². The maximum atomic E-state index is 6.01. The lowest BCUT2D eigenvalue weighted by Gasteiger charge is -2.28. The van der Waals surface area contributed by atoms with Crippen molar-refractivity contribution in [3.63, 3.8) is 0 Å². The van der Waals surface area contributed by atoms with Crippen LogP contribution in [-0.2, 0) is 4.74 Å². The molecule has 2 N–H and O–H groups in total. The first kappa shape index (κ1) is 18.3. The molecule has 0 spiro atoms. The molecule has 0 radical (unpaired) electrons. The van der Waals surface area contributed by atoms with Crippen LogP contribution in [0.3, 0.4) is 0 Å². The summed E-state index contributed by atoms with van der Waals surface area (Å²) >= 11 is 1.98. The number of guanidine groups is 1. The molecule has 0 saturated carbocycles. The molecule has 1 fully saturated rings. The first-order chi connectivity index (χ1) is 8.05. The number of ether oxygens (including phenoxy) is 1. The highest BCUT2D eigenvalue weighted by atomic mass is 127. The molecule has 6 heteroatoms. The van der Waals surface area contributed by atoms with Gasteiger partial charge in [0.1, 0.15) is 0 Å². The van der Waals surface area contributed by atoms with E-state index in [0.29, 0.717) is 5.96 Å². The van der Waals surface area contributed by atoms with E-state index in [1.165, 1.54) is 0 Å². The number of nitrogens with zero attached hydrogens (tertiary/aromatic N) is 2. The van der Waals surface area contributed by atoms with Gasteiger partial charge in [-0.05, 0) is 6.92 Å². The van der Waals surface area contributed by atoms with Crippen molar-refractivity contribution in [3.05, 3.63) is 0 Å². The van der Waals surface area contributed by atoms with Crippen molar-refractivity contribution in [3.8, 4) is 0 Å². The summed E-state index contributed by atoms with van der Waals surface area (Å²) in [5.74, 6) is 2.99. The monoisotopic (exact) mass is 387 g/mol. The third-order valence-corrected chi connectivity index (χ3v) is 3.64. The normalized spacial score (nSPS) is 17.5. The molecule has 1 heterocycles. The maximum Gasteiger partial charge on any atom is 0.191 e. The first-order valence-corrected chi connectivity index (χ1v) is 7.41. The number of aliphatic imine (C=N–C) groups is 1. The van der Waals surface area contributed by atoms with Crippen molar-refractivity contribution in [2.24, 2.45) is 16.1 Å².